The first-order chi connectivity index (χ1) is 7.13. The molecular weight excluding hydrogens is 193 g/mol. The van der Waals surface area contributed by atoms with E-state index in [-0.39, 0.29) is 11.2 Å². The summed E-state index contributed by atoms with van der Waals surface area (Å²) in [7, 11) is 0. The molecule has 0 amide bonds. The number of aromatic amines is 1. The predicted octanol–water partition coefficient (Wildman–Crippen LogP) is 2.54. The van der Waals surface area contributed by atoms with Gasteiger partial charge in [0.15, 0.2) is 5.43 Å². The van der Waals surface area contributed by atoms with Gasteiger partial charge >= 0.3 is 0 Å². The van der Waals surface area contributed by atoms with Crippen molar-refractivity contribution in [2.45, 2.75) is 20.3 Å². The van der Waals surface area contributed by atoms with Crippen molar-refractivity contribution >= 4 is 10.9 Å². The van der Waals surface area contributed by atoms with Crippen LogP contribution in [0, 0.1) is 12.7 Å². The van der Waals surface area contributed by atoms with Gasteiger partial charge in [0.25, 0.3) is 0 Å². The highest BCUT2D eigenvalue weighted by molar-refractivity contribution is 5.79. The molecule has 0 unspecified atom stereocenters. The molecule has 0 atom stereocenters. The number of hydrogen-bond donors (Lipinski definition) is 1. The topological polar surface area (TPSA) is 32.9 Å². The highest BCUT2D eigenvalue weighted by Crippen LogP contribution is 2.12. The second-order valence-corrected chi connectivity index (χ2v) is 3.60. The number of halogens is 1. The summed E-state index contributed by atoms with van der Waals surface area (Å²) >= 11 is 0. The molecule has 0 radical (unpaired) electrons. The van der Waals surface area contributed by atoms with Crippen molar-refractivity contribution < 1.29 is 4.39 Å². The summed E-state index contributed by atoms with van der Waals surface area (Å²) in [5.74, 6) is -0.376. The van der Waals surface area contributed by atoms with Crippen LogP contribution in [0.15, 0.2) is 23.0 Å². The maximum absolute atomic E-state index is 13.0. The molecule has 78 valence electrons. The number of H-pyrrole nitrogens is 1. The number of aromatic nitrogens is 1. The largest absolute Gasteiger partial charge is 0.358 e. The van der Waals surface area contributed by atoms with Gasteiger partial charge in [0.05, 0.1) is 0 Å². The van der Waals surface area contributed by atoms with Crippen LogP contribution in [0.4, 0.5) is 4.39 Å². The zero-order valence-electron chi connectivity index (χ0n) is 8.73. The van der Waals surface area contributed by atoms with Crippen molar-refractivity contribution in [1.82, 2.24) is 4.98 Å². The van der Waals surface area contributed by atoms with Crippen LogP contribution < -0.4 is 5.43 Å². The molecule has 0 fully saturated rings. The molecule has 0 aliphatic heterocycles. The minimum absolute atomic E-state index is 0.0664. The van der Waals surface area contributed by atoms with Gasteiger partial charge in [-0.05, 0) is 31.5 Å². The van der Waals surface area contributed by atoms with E-state index in [1.54, 1.807) is 6.07 Å². The molecule has 1 aromatic carbocycles. The Morgan fingerprint density at radius 1 is 1.40 bits per heavy atom. The fraction of sp³-hybridized carbons (Fsp3) is 0.250. The van der Waals surface area contributed by atoms with Gasteiger partial charge in [-0.15, -0.1) is 0 Å². The Kier molecular flexibility index (Phi) is 2.31. The van der Waals surface area contributed by atoms with Crippen molar-refractivity contribution in [2.24, 2.45) is 0 Å². The van der Waals surface area contributed by atoms with E-state index >= 15 is 0 Å². The van der Waals surface area contributed by atoms with Crippen LogP contribution in [0.2, 0.25) is 0 Å². The first-order valence-electron chi connectivity index (χ1n) is 4.94. The Hall–Kier alpha value is -1.64. The zero-order chi connectivity index (χ0) is 11.0. The summed E-state index contributed by atoms with van der Waals surface area (Å²) < 4.78 is 13.0. The molecule has 2 aromatic rings. The monoisotopic (exact) mass is 205 g/mol. The first-order valence-corrected chi connectivity index (χ1v) is 4.94. The van der Waals surface area contributed by atoms with Gasteiger partial charge in [0.2, 0.25) is 0 Å². The van der Waals surface area contributed by atoms with Gasteiger partial charge in [-0.1, -0.05) is 6.92 Å². The average molecular weight is 205 g/mol. The van der Waals surface area contributed by atoms with Crippen LogP contribution in [0.1, 0.15) is 18.2 Å². The fourth-order valence-electron chi connectivity index (χ4n) is 1.85. The molecule has 0 spiro atoms. The summed E-state index contributed by atoms with van der Waals surface area (Å²) in [5, 5.41) is 0.428. The Labute approximate surface area is 86.8 Å². The molecule has 0 saturated heterocycles. The molecule has 2 rings (SSSR count). The van der Waals surface area contributed by atoms with Crippen LogP contribution in [0.3, 0.4) is 0 Å². The quantitative estimate of drug-likeness (QED) is 0.762. The highest BCUT2D eigenvalue weighted by Gasteiger charge is 2.07. The van der Waals surface area contributed by atoms with Crippen molar-refractivity contribution in [3.8, 4) is 0 Å². The van der Waals surface area contributed by atoms with Crippen LogP contribution in [-0.4, -0.2) is 4.98 Å². The van der Waals surface area contributed by atoms with Gasteiger partial charge in [0.1, 0.15) is 5.82 Å². The molecule has 15 heavy (non-hydrogen) atoms. The lowest BCUT2D eigenvalue weighted by atomic mass is 10.1. The molecule has 0 saturated carbocycles. The Balaban J connectivity index is 2.92. The molecule has 1 N–H and O–H groups in total. The van der Waals surface area contributed by atoms with Crippen LogP contribution in [-0.2, 0) is 6.42 Å². The smallest absolute Gasteiger partial charge is 0.192 e. The molecule has 0 aliphatic rings. The molecule has 3 heteroatoms. The molecule has 0 bridgehead atoms. The van der Waals surface area contributed by atoms with Crippen LogP contribution >= 0.6 is 0 Å². The van der Waals surface area contributed by atoms with E-state index in [0.29, 0.717) is 17.3 Å². The highest BCUT2D eigenvalue weighted by atomic mass is 19.1. The minimum Gasteiger partial charge on any atom is -0.358 e. The summed E-state index contributed by atoms with van der Waals surface area (Å²) in [6, 6.07) is 4.23. The van der Waals surface area contributed by atoms with Gasteiger partial charge in [0, 0.05) is 22.2 Å². The molecular formula is C12H12FNO. The minimum atomic E-state index is -0.376. The number of hydrogen-bond acceptors (Lipinski definition) is 1. The average Bonchev–Trinajstić information content (AvgIpc) is 2.20. The van der Waals surface area contributed by atoms with E-state index in [4.69, 9.17) is 0 Å². The van der Waals surface area contributed by atoms with Crippen molar-refractivity contribution in [1.29, 1.82) is 0 Å². The van der Waals surface area contributed by atoms with E-state index in [1.165, 1.54) is 12.1 Å². The summed E-state index contributed by atoms with van der Waals surface area (Å²) in [4.78, 5) is 15.1. The number of aryl methyl sites for hydroxylation is 1. The number of rotatable bonds is 1. The van der Waals surface area contributed by atoms with E-state index in [1.807, 2.05) is 13.8 Å². The van der Waals surface area contributed by atoms with Gasteiger partial charge in [-0.2, -0.15) is 0 Å². The summed E-state index contributed by atoms with van der Waals surface area (Å²) in [6.45, 7) is 3.78. The third-order valence-electron chi connectivity index (χ3n) is 2.63. The van der Waals surface area contributed by atoms with Gasteiger partial charge < -0.3 is 4.98 Å². The molecule has 0 aliphatic carbocycles. The third kappa shape index (κ3) is 1.54. The number of fused-ring (bicyclic) bond motifs is 1. The van der Waals surface area contributed by atoms with Crippen LogP contribution in [0.25, 0.3) is 10.9 Å². The van der Waals surface area contributed by atoms with E-state index < -0.39 is 0 Å². The van der Waals surface area contributed by atoms with Crippen LogP contribution in [0.5, 0.6) is 0 Å². The zero-order valence-corrected chi connectivity index (χ0v) is 8.73. The lowest BCUT2D eigenvalue weighted by Gasteiger charge is -2.05. The lowest BCUT2D eigenvalue weighted by Crippen LogP contribution is -2.12. The number of nitrogens with one attached hydrogen (secondary N) is 1. The summed E-state index contributed by atoms with van der Waals surface area (Å²) in [6.07, 6.45) is 0.660. The molecule has 1 heterocycles. The number of benzene rings is 1. The third-order valence-corrected chi connectivity index (χ3v) is 2.63. The fourth-order valence-corrected chi connectivity index (χ4v) is 1.85. The van der Waals surface area contributed by atoms with Gasteiger partial charge in [-0.25, -0.2) is 4.39 Å². The maximum Gasteiger partial charge on any atom is 0.192 e. The SMILES string of the molecule is CCc1c(C)[nH]c2ccc(F)cc2c1=O. The Bertz CT molecular complexity index is 572. The first kappa shape index (κ1) is 9.90. The molecule has 1 aromatic heterocycles. The number of pyridine rings is 1. The Morgan fingerprint density at radius 2 is 2.13 bits per heavy atom. The van der Waals surface area contributed by atoms with Gasteiger partial charge in [-0.3, -0.25) is 4.79 Å². The maximum atomic E-state index is 13.0. The standard InChI is InChI=1S/C12H12FNO/c1-3-9-7(2)14-11-5-4-8(13)6-10(11)12(9)15/h4-6H,3H2,1-2H3,(H,14,15). The molecule has 2 nitrogen and oxygen atoms in total. The van der Waals surface area contributed by atoms with E-state index in [0.717, 1.165) is 11.3 Å². The van der Waals surface area contributed by atoms with Crippen molar-refractivity contribution in [3.05, 3.63) is 45.5 Å². The summed E-state index contributed by atoms with van der Waals surface area (Å²) in [5.41, 5.74) is 2.22. The normalized spacial score (nSPS) is 10.9. The Morgan fingerprint density at radius 3 is 2.80 bits per heavy atom. The van der Waals surface area contributed by atoms with Crippen molar-refractivity contribution in [3.63, 3.8) is 0 Å². The second-order valence-electron chi connectivity index (χ2n) is 3.60. The van der Waals surface area contributed by atoms with E-state index in [9.17, 15) is 9.18 Å². The van der Waals surface area contributed by atoms with Crippen molar-refractivity contribution in [2.75, 3.05) is 0 Å². The van der Waals surface area contributed by atoms with E-state index in [2.05, 4.69) is 4.98 Å². The second kappa shape index (κ2) is 3.50. The predicted molar refractivity (Wildman–Crippen MR) is 58.6 cm³/mol. The lowest BCUT2D eigenvalue weighted by molar-refractivity contribution is 0.629.